The molecule has 1 aliphatic carbocycles. The lowest BCUT2D eigenvalue weighted by Crippen LogP contribution is -2.58. The molecule has 0 spiro atoms. The molecule has 1 fully saturated rings. The van der Waals surface area contributed by atoms with Crippen molar-refractivity contribution in [1.29, 1.82) is 0 Å². The van der Waals surface area contributed by atoms with E-state index < -0.39 is 51.1 Å². The van der Waals surface area contributed by atoms with Crippen molar-refractivity contribution in [3.8, 4) is 5.75 Å². The molecule has 2 aliphatic rings. The van der Waals surface area contributed by atoms with Gasteiger partial charge in [-0.3, -0.25) is 14.4 Å². The molecular weight excluding hydrogens is 422 g/mol. The first-order valence-corrected chi connectivity index (χ1v) is 10.3. The molecule has 2 atom stereocenters. The number of carbonyl (C=O) groups is 2. The topological polar surface area (TPSA) is 109 Å². The van der Waals surface area contributed by atoms with Crippen LogP contribution in [0.4, 0.5) is 8.78 Å². The Bertz CT molecular complexity index is 1180. The standard InChI is InChI=1S/C23H22F2N2O5/c1-22-7-3-2-4-8-23(22,32)12-27-11-15(18(28)19(29)17(27)20(22)30)21(31)26-10-13-5-6-14(24)9-16(13)25/h2,5-6,9,11,32H,3-4,7-8,10,12H2,1H3,(H-,26,29,30,31)/p+1/t22-,23+/m1/s1. The molecule has 1 saturated carbocycles. The van der Waals surface area contributed by atoms with Crippen LogP contribution >= 0.6 is 0 Å². The minimum absolute atomic E-state index is 0.0111. The number of ketones is 1. The molecule has 0 radical (unpaired) electrons. The normalized spacial score (nSPS) is 24.7. The summed E-state index contributed by atoms with van der Waals surface area (Å²) in [4.78, 5) is 38.6. The lowest BCUT2D eigenvalue weighted by Gasteiger charge is -2.46. The summed E-state index contributed by atoms with van der Waals surface area (Å²) in [6, 6.07) is 2.88. The monoisotopic (exact) mass is 445 g/mol. The van der Waals surface area contributed by atoms with E-state index in [4.69, 9.17) is 0 Å². The van der Waals surface area contributed by atoms with E-state index in [9.17, 15) is 33.4 Å². The molecule has 0 bridgehead atoms. The number of aromatic hydroxyl groups is 1. The number of aromatic nitrogens is 1. The van der Waals surface area contributed by atoms with Gasteiger partial charge in [0, 0.05) is 37.2 Å². The van der Waals surface area contributed by atoms with Gasteiger partial charge in [-0.25, -0.2) is 8.78 Å². The van der Waals surface area contributed by atoms with E-state index in [0.29, 0.717) is 31.7 Å². The van der Waals surface area contributed by atoms with Crippen LogP contribution in [0.1, 0.15) is 59.0 Å². The molecule has 1 aromatic carbocycles. The van der Waals surface area contributed by atoms with Crippen LogP contribution in [0.3, 0.4) is 0 Å². The van der Waals surface area contributed by atoms with E-state index in [1.54, 1.807) is 6.92 Å². The Hall–Kier alpha value is -3.20. The third-order valence-corrected chi connectivity index (χ3v) is 6.74. The van der Waals surface area contributed by atoms with E-state index in [-0.39, 0.29) is 24.3 Å². The number of pyridine rings is 1. The Morgan fingerprint density at radius 3 is 2.69 bits per heavy atom. The number of carbonyl (C=O) groups excluding carboxylic acids is 2. The van der Waals surface area contributed by atoms with E-state index >= 15 is 0 Å². The Labute approximate surface area is 182 Å². The summed E-state index contributed by atoms with van der Waals surface area (Å²) in [5, 5.41) is 24.3. The molecule has 2 heterocycles. The first-order valence-electron chi connectivity index (χ1n) is 10.3. The van der Waals surface area contributed by atoms with Crippen molar-refractivity contribution < 1.29 is 28.6 Å². The molecular formula is C23H23F2N2O5+. The summed E-state index contributed by atoms with van der Waals surface area (Å²) in [6.45, 7) is 1.25. The predicted molar refractivity (Wildman–Crippen MR) is 110 cm³/mol. The first kappa shape index (κ1) is 22.0. The van der Waals surface area contributed by atoms with Gasteiger partial charge in [-0.05, 0) is 13.0 Å². The number of benzene rings is 1. The summed E-state index contributed by atoms with van der Waals surface area (Å²) in [7, 11) is 0. The Balaban J connectivity index is 1.68. The van der Waals surface area contributed by atoms with E-state index in [1.807, 2.05) is 6.42 Å². The molecule has 0 unspecified atom stereocenters. The zero-order chi connectivity index (χ0) is 23.3. The van der Waals surface area contributed by atoms with Crippen LogP contribution in [0.25, 0.3) is 0 Å². The summed E-state index contributed by atoms with van der Waals surface area (Å²) >= 11 is 0. The largest absolute Gasteiger partial charge is 0.503 e. The fourth-order valence-corrected chi connectivity index (χ4v) is 4.62. The molecule has 3 N–H and O–H groups in total. The SMILES string of the molecule is C[C@]12CC[CH+]CC[C@]1(O)Cn1cc(C(=O)NCc3ccc(F)cc3F)c(=O)c(O)c1C2=O. The minimum atomic E-state index is -1.41. The second-order valence-electron chi connectivity index (χ2n) is 8.67. The van der Waals surface area contributed by atoms with E-state index in [2.05, 4.69) is 5.32 Å². The van der Waals surface area contributed by atoms with Gasteiger partial charge in [0.2, 0.25) is 5.43 Å². The highest BCUT2D eigenvalue weighted by Gasteiger charge is 2.58. The smallest absolute Gasteiger partial charge is 0.257 e. The number of rotatable bonds is 3. The average molecular weight is 445 g/mol. The Morgan fingerprint density at radius 2 is 1.97 bits per heavy atom. The first-order chi connectivity index (χ1) is 15.1. The lowest BCUT2D eigenvalue weighted by atomic mass is 9.64. The number of Topliss-reactive ketones (excluding diaryl/α,β-unsaturated/α-hetero) is 1. The van der Waals surface area contributed by atoms with Crippen molar-refractivity contribution in [2.24, 2.45) is 5.41 Å². The molecule has 0 saturated heterocycles. The van der Waals surface area contributed by atoms with Crippen molar-refractivity contribution in [2.45, 2.75) is 51.3 Å². The fourth-order valence-electron chi connectivity index (χ4n) is 4.62. The molecule has 1 aromatic heterocycles. The number of halogens is 2. The molecule has 168 valence electrons. The highest BCUT2D eigenvalue weighted by molar-refractivity contribution is 6.04. The van der Waals surface area contributed by atoms with E-state index in [1.165, 1.54) is 10.6 Å². The van der Waals surface area contributed by atoms with Gasteiger partial charge < -0.3 is 20.1 Å². The number of hydrogen-bond donors (Lipinski definition) is 3. The van der Waals surface area contributed by atoms with Crippen LogP contribution in [0.15, 0.2) is 29.2 Å². The Kier molecular flexibility index (Phi) is 5.32. The second kappa shape index (κ2) is 7.74. The lowest BCUT2D eigenvalue weighted by molar-refractivity contribution is -0.0831. The minimum Gasteiger partial charge on any atom is -0.503 e. The Morgan fingerprint density at radius 1 is 1.25 bits per heavy atom. The molecule has 2 aromatic rings. The third-order valence-electron chi connectivity index (χ3n) is 6.74. The fraction of sp³-hybridized carbons (Fsp3) is 0.391. The van der Waals surface area contributed by atoms with Gasteiger partial charge in [0.15, 0.2) is 11.5 Å². The van der Waals surface area contributed by atoms with E-state index in [0.717, 1.165) is 12.3 Å². The van der Waals surface area contributed by atoms with Crippen LogP contribution in [0, 0.1) is 23.5 Å². The van der Waals surface area contributed by atoms with Gasteiger partial charge in [-0.1, -0.05) is 6.07 Å². The van der Waals surface area contributed by atoms with Gasteiger partial charge in [0.1, 0.15) is 22.9 Å². The number of amides is 1. The maximum atomic E-state index is 13.8. The molecule has 4 rings (SSSR count). The van der Waals surface area contributed by atoms with Gasteiger partial charge in [0.25, 0.3) is 5.91 Å². The number of nitrogens with one attached hydrogen (secondary N) is 1. The van der Waals surface area contributed by atoms with Gasteiger partial charge >= 0.3 is 0 Å². The molecule has 1 aliphatic heterocycles. The second-order valence-corrected chi connectivity index (χ2v) is 8.67. The zero-order valence-corrected chi connectivity index (χ0v) is 17.5. The maximum absolute atomic E-state index is 13.8. The van der Waals surface area contributed by atoms with Gasteiger partial charge in [-0.15, -0.1) is 0 Å². The van der Waals surface area contributed by atoms with Crippen LogP contribution in [-0.4, -0.2) is 32.1 Å². The zero-order valence-electron chi connectivity index (χ0n) is 17.5. The van der Waals surface area contributed by atoms with Crippen molar-refractivity contribution >= 4 is 11.7 Å². The number of aliphatic hydroxyl groups is 1. The van der Waals surface area contributed by atoms with Crippen LogP contribution in [0.5, 0.6) is 5.75 Å². The van der Waals surface area contributed by atoms with Crippen LogP contribution in [-0.2, 0) is 13.1 Å². The molecule has 1 amide bonds. The number of fused-ring (bicyclic) bond motifs is 2. The summed E-state index contributed by atoms with van der Waals surface area (Å²) in [5.41, 5.74) is -4.28. The van der Waals surface area contributed by atoms with Crippen LogP contribution < -0.4 is 10.7 Å². The summed E-state index contributed by atoms with van der Waals surface area (Å²) < 4.78 is 28.1. The summed E-state index contributed by atoms with van der Waals surface area (Å²) in [6.07, 6.45) is 5.07. The summed E-state index contributed by atoms with van der Waals surface area (Å²) in [5.74, 6) is -3.91. The van der Waals surface area contributed by atoms with Crippen molar-refractivity contribution in [3.63, 3.8) is 0 Å². The van der Waals surface area contributed by atoms with Crippen molar-refractivity contribution in [2.75, 3.05) is 0 Å². The van der Waals surface area contributed by atoms with Crippen LogP contribution in [0.2, 0.25) is 0 Å². The average Bonchev–Trinajstić information content (AvgIpc) is 2.89. The van der Waals surface area contributed by atoms with Gasteiger partial charge in [-0.2, -0.15) is 0 Å². The highest BCUT2D eigenvalue weighted by atomic mass is 19.1. The number of nitrogens with zero attached hydrogens (tertiary/aromatic N) is 1. The van der Waals surface area contributed by atoms with Crippen molar-refractivity contribution in [3.05, 3.63) is 69.5 Å². The van der Waals surface area contributed by atoms with Gasteiger partial charge in [0.05, 0.1) is 36.8 Å². The van der Waals surface area contributed by atoms with Crippen molar-refractivity contribution in [1.82, 2.24) is 9.88 Å². The quantitative estimate of drug-likeness (QED) is 0.629. The third kappa shape index (κ3) is 3.37. The molecule has 7 nitrogen and oxygen atoms in total. The maximum Gasteiger partial charge on any atom is 0.257 e. The molecule has 32 heavy (non-hydrogen) atoms. The molecule has 9 heteroatoms. The highest BCUT2D eigenvalue weighted by Crippen LogP contribution is 2.49. The predicted octanol–water partition coefficient (Wildman–Crippen LogP) is 2.47. The number of hydrogen-bond acceptors (Lipinski definition) is 5.